The van der Waals surface area contributed by atoms with Crippen LogP contribution in [0.15, 0.2) is 30.3 Å². The summed E-state index contributed by atoms with van der Waals surface area (Å²) in [5.41, 5.74) is 3.82. The van der Waals surface area contributed by atoms with Crippen molar-refractivity contribution in [2.24, 2.45) is 0 Å². The van der Waals surface area contributed by atoms with Crippen molar-refractivity contribution in [1.82, 2.24) is 5.32 Å². The van der Waals surface area contributed by atoms with E-state index in [1.165, 1.54) is 0 Å². The Hall–Kier alpha value is -1.09. The van der Waals surface area contributed by atoms with Gasteiger partial charge in [0.25, 0.3) is 0 Å². The van der Waals surface area contributed by atoms with Crippen molar-refractivity contribution in [2.75, 3.05) is 6.54 Å². The zero-order valence-electron chi connectivity index (χ0n) is 12.3. The number of aryl methyl sites for hydroxylation is 2. The van der Waals surface area contributed by atoms with Crippen molar-refractivity contribution >= 4 is 23.2 Å². The molecule has 0 saturated heterocycles. The minimum atomic E-state index is -0.216. The average Bonchev–Trinajstić information content (AvgIpc) is 2.37. The summed E-state index contributed by atoms with van der Waals surface area (Å²) in [4.78, 5) is 0. The van der Waals surface area contributed by atoms with Crippen LogP contribution in [-0.2, 0) is 0 Å². The Kier molecular flexibility index (Phi) is 5.26. The Morgan fingerprint density at radius 2 is 1.71 bits per heavy atom. The third kappa shape index (κ3) is 3.57. The van der Waals surface area contributed by atoms with Crippen molar-refractivity contribution in [2.45, 2.75) is 26.8 Å². The molecule has 0 saturated carbocycles. The summed E-state index contributed by atoms with van der Waals surface area (Å²) in [5, 5.41) is 4.64. The Morgan fingerprint density at radius 1 is 1.10 bits per heavy atom. The van der Waals surface area contributed by atoms with Crippen LogP contribution in [0.2, 0.25) is 10.0 Å². The van der Waals surface area contributed by atoms with Crippen molar-refractivity contribution in [3.05, 3.63) is 68.4 Å². The molecule has 0 aliphatic heterocycles. The molecule has 0 aliphatic carbocycles. The molecule has 1 nitrogen and oxygen atoms in total. The van der Waals surface area contributed by atoms with Crippen LogP contribution in [0, 0.1) is 19.7 Å². The fraction of sp³-hybridized carbons (Fsp3) is 0.294. The van der Waals surface area contributed by atoms with Crippen molar-refractivity contribution in [3.8, 4) is 0 Å². The highest BCUT2D eigenvalue weighted by atomic mass is 35.5. The molecular weight excluding hydrogens is 308 g/mol. The fourth-order valence-electron chi connectivity index (χ4n) is 2.68. The van der Waals surface area contributed by atoms with Crippen LogP contribution in [-0.4, -0.2) is 6.54 Å². The molecule has 0 aromatic heterocycles. The molecule has 0 aliphatic rings. The molecule has 0 amide bonds. The Labute approximate surface area is 135 Å². The number of hydrogen-bond donors (Lipinski definition) is 1. The largest absolute Gasteiger partial charge is 0.306 e. The molecular formula is C17H18Cl2FN. The molecule has 0 fully saturated rings. The first kappa shape index (κ1) is 16.3. The fourth-order valence-corrected chi connectivity index (χ4v) is 3.20. The molecule has 1 unspecified atom stereocenters. The minimum absolute atomic E-state index is 0.0830. The lowest BCUT2D eigenvalue weighted by molar-refractivity contribution is 0.606. The summed E-state index contributed by atoms with van der Waals surface area (Å²) in [5.74, 6) is -0.216. The summed E-state index contributed by atoms with van der Waals surface area (Å²) in [7, 11) is 0. The van der Waals surface area contributed by atoms with Crippen molar-refractivity contribution in [1.29, 1.82) is 0 Å². The van der Waals surface area contributed by atoms with Gasteiger partial charge in [0.2, 0.25) is 0 Å². The SMILES string of the molecule is CCNC(c1ccc(Cl)cc1Cl)c1c(C)cc(F)cc1C. The lowest BCUT2D eigenvalue weighted by Crippen LogP contribution is -2.24. The highest BCUT2D eigenvalue weighted by molar-refractivity contribution is 6.35. The monoisotopic (exact) mass is 325 g/mol. The smallest absolute Gasteiger partial charge is 0.123 e. The summed E-state index contributed by atoms with van der Waals surface area (Å²) in [6.45, 7) is 6.64. The van der Waals surface area contributed by atoms with E-state index >= 15 is 0 Å². The van der Waals surface area contributed by atoms with Crippen LogP contribution in [0.1, 0.15) is 35.2 Å². The molecule has 0 bridgehead atoms. The van der Waals surface area contributed by atoms with Gasteiger partial charge >= 0.3 is 0 Å². The maximum absolute atomic E-state index is 13.5. The van der Waals surface area contributed by atoms with Crippen LogP contribution >= 0.6 is 23.2 Å². The van der Waals surface area contributed by atoms with E-state index in [-0.39, 0.29) is 11.9 Å². The van der Waals surface area contributed by atoms with Gasteiger partial charge in [-0.15, -0.1) is 0 Å². The van der Waals surface area contributed by atoms with E-state index in [0.29, 0.717) is 10.0 Å². The first-order valence-electron chi connectivity index (χ1n) is 6.89. The topological polar surface area (TPSA) is 12.0 Å². The van der Waals surface area contributed by atoms with Crippen LogP contribution in [0.4, 0.5) is 4.39 Å². The molecule has 0 radical (unpaired) electrons. The van der Waals surface area contributed by atoms with E-state index < -0.39 is 0 Å². The van der Waals surface area contributed by atoms with E-state index in [9.17, 15) is 4.39 Å². The van der Waals surface area contributed by atoms with Crippen LogP contribution in [0.25, 0.3) is 0 Å². The predicted molar refractivity (Wildman–Crippen MR) is 87.9 cm³/mol. The average molecular weight is 326 g/mol. The van der Waals surface area contributed by atoms with E-state index in [4.69, 9.17) is 23.2 Å². The Bertz CT molecular complexity index is 632. The number of benzene rings is 2. The molecule has 2 aromatic rings. The van der Waals surface area contributed by atoms with E-state index in [0.717, 1.165) is 28.8 Å². The Morgan fingerprint density at radius 3 is 2.24 bits per heavy atom. The number of nitrogens with one attached hydrogen (secondary N) is 1. The van der Waals surface area contributed by atoms with Gasteiger partial charge in [-0.2, -0.15) is 0 Å². The lowest BCUT2D eigenvalue weighted by atomic mass is 9.91. The summed E-state index contributed by atoms with van der Waals surface area (Å²) in [6.07, 6.45) is 0. The van der Waals surface area contributed by atoms with E-state index in [1.54, 1.807) is 18.2 Å². The van der Waals surface area contributed by atoms with E-state index in [2.05, 4.69) is 5.32 Å². The molecule has 21 heavy (non-hydrogen) atoms. The first-order valence-corrected chi connectivity index (χ1v) is 7.64. The molecule has 1 atom stereocenters. The molecule has 1 N–H and O–H groups in total. The van der Waals surface area contributed by atoms with Crippen LogP contribution < -0.4 is 5.32 Å². The Balaban J connectivity index is 2.59. The third-order valence-corrected chi connectivity index (χ3v) is 4.09. The van der Waals surface area contributed by atoms with Crippen molar-refractivity contribution < 1.29 is 4.39 Å². The summed E-state index contributed by atoms with van der Waals surface area (Å²) in [6, 6.07) is 8.49. The second-order valence-electron chi connectivity index (χ2n) is 5.11. The quantitative estimate of drug-likeness (QED) is 0.788. The van der Waals surface area contributed by atoms with E-state index in [1.807, 2.05) is 32.9 Å². The second kappa shape index (κ2) is 6.78. The highest BCUT2D eigenvalue weighted by Crippen LogP contribution is 2.33. The summed E-state index contributed by atoms with van der Waals surface area (Å²) >= 11 is 12.3. The van der Waals surface area contributed by atoms with Gasteiger partial charge in [-0.3, -0.25) is 0 Å². The number of rotatable bonds is 4. The minimum Gasteiger partial charge on any atom is -0.306 e. The zero-order valence-corrected chi connectivity index (χ0v) is 13.8. The van der Waals surface area contributed by atoms with Crippen LogP contribution in [0.3, 0.4) is 0 Å². The molecule has 112 valence electrons. The number of halogens is 3. The second-order valence-corrected chi connectivity index (χ2v) is 5.95. The van der Waals surface area contributed by atoms with Gasteiger partial charge in [-0.05, 0) is 66.9 Å². The molecule has 0 heterocycles. The van der Waals surface area contributed by atoms with Gasteiger partial charge in [-0.1, -0.05) is 36.2 Å². The van der Waals surface area contributed by atoms with Gasteiger partial charge in [0.1, 0.15) is 5.82 Å². The van der Waals surface area contributed by atoms with Gasteiger partial charge in [0.15, 0.2) is 0 Å². The van der Waals surface area contributed by atoms with Crippen LogP contribution in [0.5, 0.6) is 0 Å². The van der Waals surface area contributed by atoms with Gasteiger partial charge in [0.05, 0.1) is 6.04 Å². The third-order valence-electron chi connectivity index (χ3n) is 3.53. The maximum atomic E-state index is 13.5. The molecule has 0 spiro atoms. The predicted octanol–water partition coefficient (Wildman–Crippen LogP) is 5.45. The molecule has 2 aromatic carbocycles. The first-order chi connectivity index (χ1) is 9.93. The lowest BCUT2D eigenvalue weighted by Gasteiger charge is -2.24. The standard InChI is InChI=1S/C17H18Cl2FN/c1-4-21-17(14-6-5-12(18)9-15(14)19)16-10(2)7-13(20)8-11(16)3/h5-9,17,21H,4H2,1-3H3. The summed E-state index contributed by atoms with van der Waals surface area (Å²) < 4.78 is 13.5. The molecule has 2 rings (SSSR count). The van der Waals surface area contributed by atoms with Gasteiger partial charge in [-0.25, -0.2) is 4.39 Å². The maximum Gasteiger partial charge on any atom is 0.123 e. The normalized spacial score (nSPS) is 12.5. The highest BCUT2D eigenvalue weighted by Gasteiger charge is 2.20. The number of hydrogen-bond acceptors (Lipinski definition) is 1. The van der Waals surface area contributed by atoms with Gasteiger partial charge < -0.3 is 5.32 Å². The molecule has 4 heteroatoms. The zero-order chi connectivity index (χ0) is 15.6. The van der Waals surface area contributed by atoms with Gasteiger partial charge in [0, 0.05) is 10.0 Å². The van der Waals surface area contributed by atoms with Crippen molar-refractivity contribution in [3.63, 3.8) is 0 Å².